The van der Waals surface area contributed by atoms with Crippen molar-refractivity contribution in [2.75, 3.05) is 32.9 Å². The molecule has 3 unspecified atom stereocenters. The summed E-state index contributed by atoms with van der Waals surface area (Å²) in [4.78, 5) is 45.2. The Balaban J connectivity index is 1.40. The maximum absolute atomic E-state index is 14.2. The molecular formula is C42H63N7O9. The largest absolute Gasteiger partial charge is 0.458 e. The molecule has 2 aromatic rings. The van der Waals surface area contributed by atoms with Crippen LogP contribution in [-0.4, -0.2) is 140 Å². The summed E-state index contributed by atoms with van der Waals surface area (Å²) in [6.07, 6.45) is -2.31. The predicted octanol–water partition coefficient (Wildman–Crippen LogP) is 2.85. The number of benzene rings is 1. The lowest BCUT2D eigenvalue weighted by Gasteiger charge is -2.45. The molecule has 5 rings (SSSR count). The number of nitrogens with two attached hydrogens (primary N) is 1. The molecule has 0 bridgehead atoms. The molecule has 1 aromatic carbocycles. The van der Waals surface area contributed by atoms with Gasteiger partial charge in [-0.15, -0.1) is 5.10 Å². The van der Waals surface area contributed by atoms with E-state index in [0.29, 0.717) is 24.3 Å². The van der Waals surface area contributed by atoms with Crippen LogP contribution in [0.2, 0.25) is 0 Å². The van der Waals surface area contributed by atoms with Gasteiger partial charge in [0, 0.05) is 29.3 Å². The highest BCUT2D eigenvalue weighted by Crippen LogP contribution is 2.39. The van der Waals surface area contributed by atoms with Crippen LogP contribution in [0.15, 0.2) is 30.5 Å². The number of hydrogen-bond acceptors (Lipinski definition) is 14. The summed E-state index contributed by atoms with van der Waals surface area (Å²) < 4.78 is 26.3. The molecule has 3 aliphatic rings. The molecule has 16 nitrogen and oxygen atoms in total. The molecule has 0 radical (unpaired) electrons. The molecule has 3 saturated heterocycles. The number of ether oxygens (including phenoxy) is 4. The van der Waals surface area contributed by atoms with Crippen LogP contribution in [-0.2, 0) is 35.1 Å². The first kappa shape index (κ1) is 45.0. The molecule has 4 heterocycles. The van der Waals surface area contributed by atoms with Gasteiger partial charge < -0.3 is 45.1 Å². The van der Waals surface area contributed by atoms with Gasteiger partial charge in [-0.05, 0) is 92.6 Å². The first-order valence-corrected chi connectivity index (χ1v) is 20.3. The predicted molar refractivity (Wildman–Crippen MR) is 216 cm³/mol. The number of nitrogen functional groups attached to an aromatic ring is 1. The number of esters is 1. The van der Waals surface area contributed by atoms with E-state index in [2.05, 4.69) is 27.5 Å². The molecule has 320 valence electrons. The van der Waals surface area contributed by atoms with Gasteiger partial charge in [0.25, 0.3) is 0 Å². The van der Waals surface area contributed by atoms with Gasteiger partial charge in [0.15, 0.2) is 17.7 Å². The fraction of sp³-hybridized carbons (Fsp3) is 0.690. The van der Waals surface area contributed by atoms with Crippen LogP contribution in [0.1, 0.15) is 74.7 Å². The number of aliphatic hydroxyl groups excluding tert-OH is 1. The molecular weight excluding hydrogens is 747 g/mol. The van der Waals surface area contributed by atoms with E-state index in [-0.39, 0.29) is 44.0 Å². The zero-order valence-corrected chi connectivity index (χ0v) is 35.5. The SMILES string of the molecule is CC[C@H]1OC(=O)[C@H](C)C(=O)[C@H](C)[C@@H](O[C@@H]2OC(C)CC(N(C)C)C2O)[C@@](C)(O)C[C@@H](C)CN[C@H](C)[C@H]2N(CC#CCn3cc(-c4cccc(N)c4)nn3)C(=O)O[C@]12C. The number of carbonyl (C=O) groups excluding carboxylic acids is 3. The maximum atomic E-state index is 14.2. The van der Waals surface area contributed by atoms with Crippen LogP contribution < -0.4 is 11.1 Å². The summed E-state index contributed by atoms with van der Waals surface area (Å²) in [7, 11) is 3.73. The van der Waals surface area contributed by atoms with E-state index in [1.54, 1.807) is 37.7 Å². The summed E-state index contributed by atoms with van der Waals surface area (Å²) in [5.41, 5.74) is 5.10. The number of likely N-dealkylation sites (N-methyl/N-ethyl adjacent to an activating group) is 1. The highest BCUT2D eigenvalue weighted by molar-refractivity contribution is 6.00. The quantitative estimate of drug-likeness (QED) is 0.138. The monoisotopic (exact) mass is 809 g/mol. The number of anilines is 1. The molecule has 1 amide bonds. The van der Waals surface area contributed by atoms with Crippen LogP contribution >= 0.6 is 0 Å². The number of fused-ring (bicyclic) bond motifs is 1. The number of Topliss-reactive ketones (excluding diaryl/α,β-unsaturated/α-hetero) is 1. The standard InChI is InChI=1S/C42H63N7O9/c1-11-33-42(8)36(49(40(53)58-42)18-13-12-17-48-23-31(45-46-48)29-15-14-16-30(43)20-29)28(6)44-22-24(2)21-41(7,54)37(26(4)34(50)27(5)38(52)56-33)57-39-35(51)32(47(9)10)19-25(3)55-39/h14-16,20,23-28,32-33,35-37,39,44,51,54H,11,17-19,21-22,43H2,1-10H3/t24-,25?,26+,27-,28-,32?,33-,35?,36-,37-,39+,41+,42-/m1/s1. The van der Waals surface area contributed by atoms with Crippen LogP contribution in [0.4, 0.5) is 10.5 Å². The van der Waals surface area contributed by atoms with Crippen molar-refractivity contribution >= 4 is 23.5 Å². The number of nitrogens with zero attached hydrogens (tertiary/aromatic N) is 5. The zero-order valence-electron chi connectivity index (χ0n) is 35.5. The van der Waals surface area contributed by atoms with Crippen molar-refractivity contribution in [3.63, 3.8) is 0 Å². The van der Waals surface area contributed by atoms with Crippen LogP contribution in [0.25, 0.3) is 11.3 Å². The van der Waals surface area contributed by atoms with Gasteiger partial charge in [0.2, 0.25) is 0 Å². The Morgan fingerprint density at radius 1 is 1.10 bits per heavy atom. The Morgan fingerprint density at radius 3 is 2.48 bits per heavy atom. The number of ketones is 1. The van der Waals surface area contributed by atoms with Gasteiger partial charge in [0.05, 0.1) is 36.6 Å². The second kappa shape index (κ2) is 18.4. The lowest BCUT2D eigenvalue weighted by atomic mass is 9.78. The molecule has 58 heavy (non-hydrogen) atoms. The number of amides is 1. The van der Waals surface area contributed by atoms with E-state index in [4.69, 9.17) is 24.7 Å². The minimum atomic E-state index is -1.60. The molecule has 3 aliphatic heterocycles. The molecule has 16 heteroatoms. The third kappa shape index (κ3) is 9.84. The number of hydrogen-bond donors (Lipinski definition) is 4. The highest BCUT2D eigenvalue weighted by atomic mass is 16.7. The molecule has 0 aliphatic carbocycles. The summed E-state index contributed by atoms with van der Waals surface area (Å²) in [6.45, 7) is 14.7. The molecule has 13 atom stereocenters. The number of cyclic esters (lactones) is 1. The van der Waals surface area contributed by atoms with E-state index in [1.807, 2.05) is 64.9 Å². The minimum absolute atomic E-state index is 0.0182. The van der Waals surface area contributed by atoms with Crippen molar-refractivity contribution in [1.82, 2.24) is 30.1 Å². The van der Waals surface area contributed by atoms with E-state index < -0.39 is 77.6 Å². The van der Waals surface area contributed by atoms with E-state index in [1.165, 1.54) is 11.8 Å². The molecule has 3 fully saturated rings. The first-order chi connectivity index (χ1) is 27.3. The average molecular weight is 810 g/mol. The topological polar surface area (TPSA) is 204 Å². The van der Waals surface area contributed by atoms with Gasteiger partial charge >= 0.3 is 12.1 Å². The Bertz CT molecular complexity index is 1830. The second-order valence-corrected chi connectivity index (χ2v) is 17.1. The van der Waals surface area contributed by atoms with E-state index >= 15 is 0 Å². The molecule has 0 spiro atoms. The number of rotatable bonds is 7. The fourth-order valence-electron chi connectivity index (χ4n) is 8.90. The lowest BCUT2D eigenvalue weighted by molar-refractivity contribution is -0.293. The number of nitrogens with one attached hydrogen (secondary N) is 1. The van der Waals surface area contributed by atoms with Crippen LogP contribution in [0.3, 0.4) is 0 Å². The normalized spacial score (nSPS) is 36.6. The average Bonchev–Trinajstić information content (AvgIpc) is 3.74. The van der Waals surface area contributed by atoms with Crippen LogP contribution in [0.5, 0.6) is 0 Å². The van der Waals surface area contributed by atoms with E-state index in [0.717, 1.165) is 5.56 Å². The Labute approximate surface area is 342 Å². The van der Waals surface area contributed by atoms with Crippen molar-refractivity contribution in [1.29, 1.82) is 0 Å². The van der Waals surface area contributed by atoms with E-state index in [9.17, 15) is 24.6 Å². The van der Waals surface area contributed by atoms with Gasteiger partial charge in [0.1, 0.15) is 30.4 Å². The molecule has 1 aromatic heterocycles. The number of carbonyl (C=O) groups is 3. The third-order valence-electron chi connectivity index (χ3n) is 11.9. The van der Waals surface area contributed by atoms with Crippen molar-refractivity contribution in [3.05, 3.63) is 30.5 Å². The number of aromatic nitrogens is 3. The third-order valence-corrected chi connectivity index (χ3v) is 11.9. The Kier molecular flexibility index (Phi) is 14.3. The second-order valence-electron chi connectivity index (χ2n) is 17.1. The first-order valence-electron chi connectivity index (χ1n) is 20.3. The van der Waals surface area contributed by atoms with Gasteiger partial charge in [-0.25, -0.2) is 9.48 Å². The summed E-state index contributed by atoms with van der Waals surface area (Å²) in [6, 6.07) is 6.01. The van der Waals surface area contributed by atoms with Crippen molar-refractivity contribution in [2.45, 2.75) is 141 Å². The zero-order chi connectivity index (χ0) is 42.7. The minimum Gasteiger partial charge on any atom is -0.458 e. The molecule has 0 saturated carbocycles. The maximum Gasteiger partial charge on any atom is 0.411 e. The van der Waals surface area contributed by atoms with Gasteiger partial charge in [-0.3, -0.25) is 14.5 Å². The smallest absolute Gasteiger partial charge is 0.411 e. The van der Waals surface area contributed by atoms with Crippen LogP contribution in [0, 0.1) is 29.6 Å². The van der Waals surface area contributed by atoms with Crippen molar-refractivity contribution in [2.24, 2.45) is 17.8 Å². The highest BCUT2D eigenvalue weighted by Gasteiger charge is 2.58. The Hall–Kier alpha value is -4.11. The summed E-state index contributed by atoms with van der Waals surface area (Å²) >= 11 is 0. The van der Waals surface area contributed by atoms with Crippen molar-refractivity contribution < 1.29 is 43.5 Å². The summed E-state index contributed by atoms with van der Waals surface area (Å²) in [5.74, 6) is 2.44. The van der Waals surface area contributed by atoms with Crippen molar-refractivity contribution in [3.8, 4) is 23.1 Å². The fourth-order valence-corrected chi connectivity index (χ4v) is 8.90. The summed E-state index contributed by atoms with van der Waals surface area (Å²) in [5, 5.41) is 35.5. The Morgan fingerprint density at radius 2 is 1.81 bits per heavy atom. The number of aliphatic hydroxyl groups is 2. The van der Waals surface area contributed by atoms with Gasteiger partial charge in [-0.1, -0.05) is 50.0 Å². The lowest BCUT2D eigenvalue weighted by Crippen LogP contribution is -2.60. The van der Waals surface area contributed by atoms with Gasteiger partial charge in [-0.2, -0.15) is 0 Å². The molecule has 5 N–H and O–H groups in total.